The molecular weight excluding hydrogens is 316 g/mol. The highest BCUT2D eigenvalue weighted by Gasteiger charge is 2.18. The number of rotatable bonds is 7. The summed E-state index contributed by atoms with van der Waals surface area (Å²) in [6.07, 6.45) is 1.41. The van der Waals surface area contributed by atoms with Gasteiger partial charge in [-0.15, -0.1) is 0 Å². The molecule has 1 amide bonds. The number of benzene rings is 1. The van der Waals surface area contributed by atoms with Crippen molar-refractivity contribution in [1.29, 1.82) is 0 Å². The van der Waals surface area contributed by atoms with E-state index in [1.807, 2.05) is 19.1 Å². The number of aliphatic hydroxyl groups is 1. The van der Waals surface area contributed by atoms with E-state index in [-0.39, 0.29) is 12.5 Å². The number of hydrogen-bond acceptors (Lipinski definition) is 4. The van der Waals surface area contributed by atoms with Crippen molar-refractivity contribution >= 4 is 5.91 Å². The number of fused-ring (bicyclic) bond motifs is 1. The van der Waals surface area contributed by atoms with Gasteiger partial charge in [-0.2, -0.15) is 0 Å². The first-order chi connectivity index (χ1) is 12.1. The molecule has 25 heavy (non-hydrogen) atoms. The van der Waals surface area contributed by atoms with E-state index in [9.17, 15) is 9.90 Å². The number of aliphatic hydroxyl groups excluding tert-OH is 1. The van der Waals surface area contributed by atoms with Crippen LogP contribution in [0.3, 0.4) is 0 Å². The largest absolute Gasteiger partial charge is 0.466 e. The molecule has 2 N–H and O–H groups in total. The van der Waals surface area contributed by atoms with Crippen LogP contribution < -0.4 is 5.32 Å². The second-order valence-corrected chi connectivity index (χ2v) is 6.72. The molecule has 0 fully saturated rings. The van der Waals surface area contributed by atoms with Gasteiger partial charge in [0.1, 0.15) is 11.5 Å². The maximum absolute atomic E-state index is 11.9. The van der Waals surface area contributed by atoms with Crippen LogP contribution in [-0.4, -0.2) is 41.7 Å². The first-order valence-electron chi connectivity index (χ1n) is 8.89. The minimum absolute atomic E-state index is 0.0582. The molecule has 0 radical (unpaired) electrons. The van der Waals surface area contributed by atoms with E-state index in [0.29, 0.717) is 19.4 Å². The van der Waals surface area contributed by atoms with Crippen molar-refractivity contribution < 1.29 is 14.3 Å². The van der Waals surface area contributed by atoms with E-state index < -0.39 is 6.10 Å². The molecule has 2 aromatic rings. The number of carbonyl (C=O) groups excluding carboxylic acids is 1. The van der Waals surface area contributed by atoms with Crippen LogP contribution in [0.25, 0.3) is 0 Å². The summed E-state index contributed by atoms with van der Waals surface area (Å²) in [5.74, 6) is 1.62. The van der Waals surface area contributed by atoms with E-state index in [2.05, 4.69) is 34.5 Å². The summed E-state index contributed by atoms with van der Waals surface area (Å²) in [6, 6.07) is 12.2. The number of hydrogen-bond donors (Lipinski definition) is 2. The minimum atomic E-state index is -0.555. The first kappa shape index (κ1) is 17.7. The molecule has 1 aliphatic rings. The van der Waals surface area contributed by atoms with Crippen molar-refractivity contribution in [3.05, 3.63) is 59.0 Å². The molecule has 1 unspecified atom stereocenters. The van der Waals surface area contributed by atoms with Crippen molar-refractivity contribution in [2.24, 2.45) is 0 Å². The lowest BCUT2D eigenvalue weighted by Gasteiger charge is -2.30. The first-order valence-corrected chi connectivity index (χ1v) is 8.89. The minimum Gasteiger partial charge on any atom is -0.466 e. The molecule has 1 aliphatic heterocycles. The molecule has 134 valence electrons. The maximum Gasteiger partial charge on any atom is 0.220 e. The molecular formula is C20H26N2O3. The molecule has 5 nitrogen and oxygen atoms in total. The summed E-state index contributed by atoms with van der Waals surface area (Å²) in [5, 5.41) is 13.0. The van der Waals surface area contributed by atoms with Crippen molar-refractivity contribution in [1.82, 2.24) is 10.2 Å². The van der Waals surface area contributed by atoms with Crippen molar-refractivity contribution in [3.63, 3.8) is 0 Å². The lowest BCUT2D eigenvalue weighted by Crippen LogP contribution is -2.42. The van der Waals surface area contributed by atoms with E-state index in [1.165, 1.54) is 11.1 Å². The molecule has 0 aliphatic carbocycles. The maximum atomic E-state index is 11.9. The molecule has 0 saturated heterocycles. The van der Waals surface area contributed by atoms with Crippen molar-refractivity contribution in [3.8, 4) is 0 Å². The molecule has 1 aromatic heterocycles. The molecule has 3 rings (SSSR count). The third-order valence-corrected chi connectivity index (χ3v) is 4.61. The van der Waals surface area contributed by atoms with Gasteiger partial charge in [-0.3, -0.25) is 9.69 Å². The van der Waals surface area contributed by atoms with Gasteiger partial charge < -0.3 is 14.8 Å². The van der Waals surface area contributed by atoms with Crippen LogP contribution in [0.5, 0.6) is 0 Å². The Balaban J connectivity index is 1.36. The van der Waals surface area contributed by atoms with Gasteiger partial charge >= 0.3 is 0 Å². The summed E-state index contributed by atoms with van der Waals surface area (Å²) < 4.78 is 5.45. The summed E-state index contributed by atoms with van der Waals surface area (Å²) in [4.78, 5) is 14.1. The Hall–Kier alpha value is -2.11. The zero-order valence-electron chi connectivity index (χ0n) is 14.7. The van der Waals surface area contributed by atoms with Crippen molar-refractivity contribution in [2.45, 2.75) is 38.8 Å². The Morgan fingerprint density at radius 2 is 2.08 bits per heavy atom. The van der Waals surface area contributed by atoms with Gasteiger partial charge in [-0.1, -0.05) is 24.3 Å². The van der Waals surface area contributed by atoms with Crippen LogP contribution in [0.4, 0.5) is 0 Å². The summed E-state index contributed by atoms with van der Waals surface area (Å²) in [6.45, 7) is 4.55. The zero-order valence-corrected chi connectivity index (χ0v) is 14.7. The number of aryl methyl sites for hydroxylation is 2. The molecule has 0 bridgehead atoms. The van der Waals surface area contributed by atoms with Gasteiger partial charge in [0.25, 0.3) is 0 Å². The number of β-amino-alcohol motifs (C(OH)–C–C–N with tert-alkyl or cyclic N) is 1. The molecule has 5 heteroatoms. The monoisotopic (exact) mass is 342 g/mol. The number of nitrogens with zero attached hydrogens (tertiary/aromatic N) is 1. The summed E-state index contributed by atoms with van der Waals surface area (Å²) >= 11 is 0. The smallest absolute Gasteiger partial charge is 0.220 e. The second kappa shape index (κ2) is 8.32. The SMILES string of the molecule is Cc1ccc(CCC(=O)NCC(O)CN2CCc3ccccc3C2)o1. The van der Waals surface area contributed by atoms with Crippen LogP contribution >= 0.6 is 0 Å². The van der Waals surface area contributed by atoms with Crippen LogP contribution in [0.15, 0.2) is 40.8 Å². The summed E-state index contributed by atoms with van der Waals surface area (Å²) in [5.41, 5.74) is 2.73. The van der Waals surface area contributed by atoms with Gasteiger partial charge in [-0.25, -0.2) is 0 Å². The van der Waals surface area contributed by atoms with Gasteiger partial charge in [0.2, 0.25) is 5.91 Å². The van der Waals surface area contributed by atoms with Crippen LogP contribution in [0.2, 0.25) is 0 Å². The third kappa shape index (κ3) is 5.18. The number of amides is 1. The Morgan fingerprint density at radius 1 is 1.28 bits per heavy atom. The standard InChI is InChI=1S/C20H26N2O3/c1-15-6-7-19(25-15)8-9-20(24)21-12-18(23)14-22-11-10-16-4-2-3-5-17(16)13-22/h2-7,18,23H,8-14H2,1H3,(H,21,24). The predicted molar refractivity (Wildman–Crippen MR) is 96.2 cm³/mol. The van der Waals surface area contributed by atoms with Crippen LogP contribution in [0.1, 0.15) is 29.1 Å². The Bertz CT molecular complexity index is 710. The van der Waals surface area contributed by atoms with Gasteiger partial charge in [0, 0.05) is 39.0 Å². The van der Waals surface area contributed by atoms with E-state index in [1.54, 1.807) is 0 Å². The third-order valence-electron chi connectivity index (χ3n) is 4.61. The van der Waals surface area contributed by atoms with E-state index >= 15 is 0 Å². The predicted octanol–water partition coefficient (Wildman–Crippen LogP) is 2.06. The number of carbonyl (C=O) groups is 1. The fraction of sp³-hybridized carbons (Fsp3) is 0.450. The molecule has 1 atom stereocenters. The fourth-order valence-electron chi connectivity index (χ4n) is 3.25. The van der Waals surface area contributed by atoms with Crippen molar-refractivity contribution in [2.75, 3.05) is 19.6 Å². The highest BCUT2D eigenvalue weighted by Crippen LogP contribution is 2.18. The molecule has 0 spiro atoms. The van der Waals surface area contributed by atoms with Crippen LogP contribution in [-0.2, 0) is 24.2 Å². The lowest BCUT2D eigenvalue weighted by molar-refractivity contribution is -0.121. The average molecular weight is 342 g/mol. The lowest BCUT2D eigenvalue weighted by atomic mass is 10.00. The highest BCUT2D eigenvalue weighted by molar-refractivity contribution is 5.76. The normalized spacial score (nSPS) is 15.6. The Labute approximate surface area is 148 Å². The van der Waals surface area contributed by atoms with Gasteiger partial charge in [-0.05, 0) is 36.6 Å². The fourth-order valence-corrected chi connectivity index (χ4v) is 3.25. The second-order valence-electron chi connectivity index (χ2n) is 6.72. The van der Waals surface area contributed by atoms with E-state index in [4.69, 9.17) is 4.42 Å². The molecule has 1 aromatic carbocycles. The van der Waals surface area contributed by atoms with E-state index in [0.717, 1.165) is 31.0 Å². The van der Waals surface area contributed by atoms with Crippen LogP contribution in [0, 0.1) is 6.92 Å². The Morgan fingerprint density at radius 3 is 2.84 bits per heavy atom. The highest BCUT2D eigenvalue weighted by atomic mass is 16.3. The topological polar surface area (TPSA) is 65.7 Å². The Kier molecular flexibility index (Phi) is 5.89. The molecule has 0 saturated carbocycles. The number of furan rings is 1. The summed E-state index contributed by atoms with van der Waals surface area (Å²) in [7, 11) is 0. The molecule has 2 heterocycles. The zero-order chi connectivity index (χ0) is 17.6. The quantitative estimate of drug-likeness (QED) is 0.808. The average Bonchev–Trinajstić information content (AvgIpc) is 3.03. The van der Waals surface area contributed by atoms with Gasteiger partial charge in [0.05, 0.1) is 6.10 Å². The number of nitrogens with one attached hydrogen (secondary N) is 1. The van der Waals surface area contributed by atoms with Gasteiger partial charge in [0.15, 0.2) is 0 Å².